The highest BCUT2D eigenvalue weighted by Crippen LogP contribution is 2.21. The Bertz CT molecular complexity index is 807. The molecule has 1 N–H and O–H groups in total. The minimum absolute atomic E-state index is 0.0717. The zero-order valence-electron chi connectivity index (χ0n) is 15.3. The van der Waals surface area contributed by atoms with Crippen molar-refractivity contribution in [2.24, 2.45) is 5.92 Å². The van der Waals surface area contributed by atoms with Gasteiger partial charge in [-0.1, -0.05) is 18.2 Å². The lowest BCUT2D eigenvalue weighted by atomic mass is 9.96. The van der Waals surface area contributed by atoms with Crippen molar-refractivity contribution in [3.05, 3.63) is 65.5 Å². The SMILES string of the molecule is COc1ccccc1CNC(=O)C1CCCN(C(=O)c2ccc(F)cc2)C1. The molecule has 0 radical (unpaired) electrons. The fourth-order valence-electron chi connectivity index (χ4n) is 3.33. The van der Waals surface area contributed by atoms with E-state index in [-0.39, 0.29) is 23.5 Å². The van der Waals surface area contributed by atoms with E-state index >= 15 is 0 Å². The molecule has 1 unspecified atom stereocenters. The summed E-state index contributed by atoms with van der Waals surface area (Å²) in [4.78, 5) is 26.8. The molecule has 1 saturated heterocycles. The molecular formula is C21H23FN2O3. The maximum atomic E-state index is 13.1. The molecule has 0 spiro atoms. The van der Waals surface area contributed by atoms with Gasteiger partial charge in [-0.2, -0.15) is 0 Å². The summed E-state index contributed by atoms with van der Waals surface area (Å²) in [6, 6.07) is 13.0. The first kappa shape index (κ1) is 18.9. The Morgan fingerprint density at radius 1 is 1.19 bits per heavy atom. The van der Waals surface area contributed by atoms with E-state index in [4.69, 9.17) is 4.74 Å². The number of piperidine rings is 1. The Hall–Kier alpha value is -2.89. The second-order valence-corrected chi connectivity index (χ2v) is 6.63. The first-order valence-corrected chi connectivity index (χ1v) is 9.03. The number of carbonyl (C=O) groups is 2. The molecule has 1 aliphatic heterocycles. The van der Waals surface area contributed by atoms with Gasteiger partial charge in [-0.05, 0) is 43.2 Å². The molecule has 142 valence electrons. The van der Waals surface area contributed by atoms with Crippen LogP contribution in [0.4, 0.5) is 4.39 Å². The normalized spacial score (nSPS) is 16.7. The largest absolute Gasteiger partial charge is 0.496 e. The second-order valence-electron chi connectivity index (χ2n) is 6.63. The van der Waals surface area contributed by atoms with Crippen molar-refractivity contribution in [3.8, 4) is 5.75 Å². The predicted molar refractivity (Wildman–Crippen MR) is 99.9 cm³/mol. The van der Waals surface area contributed by atoms with Crippen LogP contribution < -0.4 is 10.1 Å². The lowest BCUT2D eigenvalue weighted by molar-refractivity contribution is -0.126. The van der Waals surface area contributed by atoms with Crippen LogP contribution in [0.15, 0.2) is 48.5 Å². The van der Waals surface area contributed by atoms with Gasteiger partial charge in [0.25, 0.3) is 5.91 Å². The zero-order chi connectivity index (χ0) is 19.2. The molecule has 27 heavy (non-hydrogen) atoms. The standard InChI is InChI=1S/C21H23FN2O3/c1-27-19-7-3-2-5-16(19)13-23-20(25)17-6-4-12-24(14-17)21(26)15-8-10-18(22)11-9-15/h2-3,5,7-11,17H,4,6,12-14H2,1H3,(H,23,25). The van der Waals surface area contributed by atoms with Crippen LogP contribution in [0.3, 0.4) is 0 Å². The number of hydrogen-bond donors (Lipinski definition) is 1. The Labute approximate surface area is 158 Å². The maximum absolute atomic E-state index is 13.1. The number of rotatable bonds is 5. The average Bonchev–Trinajstić information content (AvgIpc) is 2.72. The number of amides is 2. The second kappa shape index (κ2) is 8.66. The molecule has 1 heterocycles. The van der Waals surface area contributed by atoms with E-state index in [1.165, 1.54) is 24.3 Å². The average molecular weight is 370 g/mol. The van der Waals surface area contributed by atoms with Gasteiger partial charge in [0, 0.05) is 30.8 Å². The van der Waals surface area contributed by atoms with E-state index in [1.54, 1.807) is 12.0 Å². The minimum Gasteiger partial charge on any atom is -0.496 e. The smallest absolute Gasteiger partial charge is 0.253 e. The Morgan fingerprint density at radius 3 is 2.67 bits per heavy atom. The zero-order valence-corrected chi connectivity index (χ0v) is 15.3. The molecule has 2 amide bonds. The summed E-state index contributed by atoms with van der Waals surface area (Å²) < 4.78 is 18.4. The molecule has 2 aromatic carbocycles. The lowest BCUT2D eigenvalue weighted by Crippen LogP contribution is -2.45. The van der Waals surface area contributed by atoms with Crippen molar-refractivity contribution in [1.29, 1.82) is 0 Å². The van der Waals surface area contributed by atoms with Crippen LogP contribution >= 0.6 is 0 Å². The lowest BCUT2D eigenvalue weighted by Gasteiger charge is -2.32. The fraction of sp³-hybridized carbons (Fsp3) is 0.333. The summed E-state index contributed by atoms with van der Waals surface area (Å²) in [5, 5.41) is 2.94. The molecule has 5 nitrogen and oxygen atoms in total. The monoisotopic (exact) mass is 370 g/mol. The first-order chi connectivity index (χ1) is 13.1. The number of ether oxygens (including phenoxy) is 1. The molecule has 0 aliphatic carbocycles. The number of carbonyl (C=O) groups excluding carboxylic acids is 2. The van der Waals surface area contributed by atoms with Crippen LogP contribution in [0.5, 0.6) is 5.75 Å². The van der Waals surface area contributed by atoms with Crippen molar-refractivity contribution in [2.75, 3.05) is 20.2 Å². The molecule has 3 rings (SSSR count). The Kier molecular flexibility index (Phi) is 6.06. The van der Waals surface area contributed by atoms with Gasteiger partial charge < -0.3 is 15.0 Å². The van der Waals surface area contributed by atoms with E-state index in [0.717, 1.165) is 24.2 Å². The molecule has 2 aromatic rings. The van der Waals surface area contributed by atoms with Gasteiger partial charge >= 0.3 is 0 Å². The highest BCUT2D eigenvalue weighted by Gasteiger charge is 2.28. The molecule has 1 atom stereocenters. The van der Waals surface area contributed by atoms with Gasteiger partial charge in [-0.25, -0.2) is 4.39 Å². The van der Waals surface area contributed by atoms with Gasteiger partial charge in [0.15, 0.2) is 0 Å². The van der Waals surface area contributed by atoms with Crippen molar-refractivity contribution in [2.45, 2.75) is 19.4 Å². The van der Waals surface area contributed by atoms with E-state index in [1.807, 2.05) is 24.3 Å². The Balaban J connectivity index is 1.59. The third-order valence-electron chi connectivity index (χ3n) is 4.82. The number of halogens is 1. The van der Waals surface area contributed by atoms with Crippen LogP contribution in [0.1, 0.15) is 28.8 Å². The van der Waals surface area contributed by atoms with Crippen molar-refractivity contribution in [3.63, 3.8) is 0 Å². The highest BCUT2D eigenvalue weighted by molar-refractivity contribution is 5.94. The van der Waals surface area contributed by atoms with Gasteiger partial charge in [0.1, 0.15) is 11.6 Å². The van der Waals surface area contributed by atoms with E-state index in [2.05, 4.69) is 5.32 Å². The third kappa shape index (κ3) is 4.64. The number of nitrogens with one attached hydrogen (secondary N) is 1. The molecular weight excluding hydrogens is 347 g/mol. The van der Waals surface area contributed by atoms with E-state index in [9.17, 15) is 14.0 Å². The highest BCUT2D eigenvalue weighted by atomic mass is 19.1. The summed E-state index contributed by atoms with van der Waals surface area (Å²) in [5.74, 6) is -0.138. The Morgan fingerprint density at radius 2 is 1.93 bits per heavy atom. The van der Waals surface area contributed by atoms with Crippen LogP contribution in [0.25, 0.3) is 0 Å². The summed E-state index contributed by atoms with van der Waals surface area (Å²) in [7, 11) is 1.60. The van der Waals surface area contributed by atoms with Crippen LogP contribution in [-0.2, 0) is 11.3 Å². The number of nitrogens with zero attached hydrogens (tertiary/aromatic N) is 1. The van der Waals surface area contributed by atoms with Gasteiger partial charge in [0.05, 0.1) is 13.0 Å². The van der Waals surface area contributed by atoms with Gasteiger partial charge in [-0.3, -0.25) is 9.59 Å². The van der Waals surface area contributed by atoms with Gasteiger partial charge in [0.2, 0.25) is 5.91 Å². The molecule has 0 saturated carbocycles. The number of hydrogen-bond acceptors (Lipinski definition) is 3. The first-order valence-electron chi connectivity index (χ1n) is 9.03. The van der Waals surface area contributed by atoms with Crippen molar-refractivity contribution in [1.82, 2.24) is 10.2 Å². The number of methoxy groups -OCH3 is 1. The number of benzene rings is 2. The summed E-state index contributed by atoms with van der Waals surface area (Å²) >= 11 is 0. The molecule has 1 aliphatic rings. The maximum Gasteiger partial charge on any atom is 0.253 e. The quantitative estimate of drug-likeness (QED) is 0.880. The van der Waals surface area contributed by atoms with Crippen LogP contribution in [0.2, 0.25) is 0 Å². The number of likely N-dealkylation sites (tertiary alicyclic amines) is 1. The minimum atomic E-state index is -0.376. The molecule has 0 aromatic heterocycles. The van der Waals surface area contributed by atoms with Crippen molar-refractivity contribution >= 4 is 11.8 Å². The predicted octanol–water partition coefficient (Wildman–Crippen LogP) is 3.00. The summed E-state index contributed by atoms with van der Waals surface area (Å²) in [5.41, 5.74) is 1.34. The van der Waals surface area contributed by atoms with E-state index in [0.29, 0.717) is 25.2 Å². The summed E-state index contributed by atoms with van der Waals surface area (Å²) in [6.07, 6.45) is 1.50. The van der Waals surface area contributed by atoms with Crippen LogP contribution in [-0.4, -0.2) is 36.9 Å². The fourth-order valence-corrected chi connectivity index (χ4v) is 3.33. The molecule has 6 heteroatoms. The van der Waals surface area contributed by atoms with E-state index < -0.39 is 0 Å². The topological polar surface area (TPSA) is 58.6 Å². The van der Waals surface area contributed by atoms with Gasteiger partial charge in [-0.15, -0.1) is 0 Å². The molecule has 0 bridgehead atoms. The summed E-state index contributed by atoms with van der Waals surface area (Å²) in [6.45, 7) is 1.35. The molecule has 1 fully saturated rings. The van der Waals surface area contributed by atoms with Crippen LogP contribution in [0, 0.1) is 11.7 Å². The third-order valence-corrected chi connectivity index (χ3v) is 4.82. The number of para-hydroxylation sites is 1. The van der Waals surface area contributed by atoms with Crippen molar-refractivity contribution < 1.29 is 18.7 Å².